The molecule has 0 unspecified atom stereocenters. The molecule has 3 rings (SSSR count). The molecular weight excluding hydrogens is 280 g/mol. The number of rotatable bonds is 3. The van der Waals surface area contributed by atoms with Gasteiger partial charge in [-0.3, -0.25) is 9.69 Å². The van der Waals surface area contributed by atoms with E-state index in [0.717, 1.165) is 36.4 Å². The van der Waals surface area contributed by atoms with Gasteiger partial charge >= 0.3 is 0 Å². The van der Waals surface area contributed by atoms with Crippen LogP contribution in [0.4, 0.5) is 0 Å². The predicted molar refractivity (Wildman–Crippen MR) is 84.2 cm³/mol. The zero-order valence-corrected chi connectivity index (χ0v) is 13.4. The van der Waals surface area contributed by atoms with Gasteiger partial charge in [0, 0.05) is 13.6 Å². The molecule has 2 heterocycles. The number of fused-ring (bicyclic) bond motifs is 1. The van der Waals surface area contributed by atoms with Crippen LogP contribution in [0.15, 0.2) is 18.2 Å². The Balaban J connectivity index is 1.65. The summed E-state index contributed by atoms with van der Waals surface area (Å²) in [6, 6.07) is 5.93. The minimum Gasteiger partial charge on any atom is -0.486 e. The summed E-state index contributed by atoms with van der Waals surface area (Å²) in [5.41, 5.74) is 1.07. The quantitative estimate of drug-likeness (QED) is 0.855. The monoisotopic (exact) mass is 304 g/mol. The highest BCUT2D eigenvalue weighted by Gasteiger charge is 2.28. The van der Waals surface area contributed by atoms with Gasteiger partial charge in [-0.05, 0) is 44.1 Å². The van der Waals surface area contributed by atoms with Crippen LogP contribution in [-0.4, -0.2) is 55.6 Å². The van der Waals surface area contributed by atoms with Gasteiger partial charge in [-0.15, -0.1) is 0 Å². The Morgan fingerprint density at radius 3 is 2.82 bits per heavy atom. The van der Waals surface area contributed by atoms with Gasteiger partial charge in [0.05, 0.1) is 6.04 Å². The molecule has 0 aromatic heterocycles. The van der Waals surface area contributed by atoms with Gasteiger partial charge in [-0.2, -0.15) is 0 Å². The summed E-state index contributed by atoms with van der Waals surface area (Å²) < 4.78 is 11.1. The van der Waals surface area contributed by atoms with Crippen LogP contribution in [0.2, 0.25) is 0 Å². The number of likely N-dealkylation sites (N-methyl/N-ethyl adjacent to an activating group) is 2. The number of nitrogens with zero attached hydrogens (tertiary/aromatic N) is 2. The number of likely N-dealkylation sites (tertiary alicyclic amines) is 1. The zero-order chi connectivity index (χ0) is 15.5. The van der Waals surface area contributed by atoms with Crippen molar-refractivity contribution in [3.63, 3.8) is 0 Å². The minimum absolute atomic E-state index is 0.0240. The van der Waals surface area contributed by atoms with Crippen LogP contribution in [0, 0.1) is 0 Å². The Labute approximate surface area is 131 Å². The van der Waals surface area contributed by atoms with E-state index in [9.17, 15) is 4.79 Å². The summed E-state index contributed by atoms with van der Waals surface area (Å²) in [5.74, 6) is 1.77. The number of hydrogen-bond acceptors (Lipinski definition) is 4. The van der Waals surface area contributed by atoms with Crippen LogP contribution in [0.3, 0.4) is 0 Å². The van der Waals surface area contributed by atoms with Crippen molar-refractivity contribution in [2.24, 2.45) is 0 Å². The first-order valence-corrected chi connectivity index (χ1v) is 7.99. The van der Waals surface area contributed by atoms with Crippen molar-refractivity contribution in [2.75, 3.05) is 33.9 Å². The number of amides is 1. The molecule has 1 aromatic rings. The molecular formula is C17H24N2O3. The molecule has 120 valence electrons. The smallest absolute Gasteiger partial charge is 0.239 e. The first kappa shape index (κ1) is 15.2. The van der Waals surface area contributed by atoms with Crippen molar-refractivity contribution in [2.45, 2.75) is 31.8 Å². The Morgan fingerprint density at radius 1 is 1.27 bits per heavy atom. The number of hydrogen-bond donors (Lipinski definition) is 0. The number of carbonyl (C=O) groups is 1. The van der Waals surface area contributed by atoms with Gasteiger partial charge in [-0.25, -0.2) is 0 Å². The molecule has 0 spiro atoms. The zero-order valence-electron chi connectivity index (χ0n) is 13.4. The Kier molecular flexibility index (Phi) is 4.52. The number of benzene rings is 1. The normalized spacial score (nSPS) is 21.5. The van der Waals surface area contributed by atoms with Crippen molar-refractivity contribution in [1.82, 2.24) is 9.80 Å². The highest BCUT2D eigenvalue weighted by atomic mass is 16.6. The average Bonchev–Trinajstić information content (AvgIpc) is 2.54. The van der Waals surface area contributed by atoms with E-state index in [1.54, 1.807) is 0 Å². The number of ether oxygens (including phenoxy) is 2. The molecule has 0 saturated carbocycles. The molecule has 1 saturated heterocycles. The highest BCUT2D eigenvalue weighted by Crippen LogP contribution is 2.31. The maximum Gasteiger partial charge on any atom is 0.239 e. The SMILES string of the molecule is CN(Cc1ccc2c(c1)OCCO2)C(=O)[C@H]1CCCCN1C. The van der Waals surface area contributed by atoms with E-state index in [4.69, 9.17) is 9.47 Å². The second kappa shape index (κ2) is 6.57. The van der Waals surface area contributed by atoms with Gasteiger partial charge in [0.2, 0.25) is 5.91 Å². The van der Waals surface area contributed by atoms with Crippen molar-refractivity contribution >= 4 is 5.91 Å². The summed E-state index contributed by atoms with van der Waals surface area (Å²) in [4.78, 5) is 16.6. The van der Waals surface area contributed by atoms with E-state index in [1.807, 2.05) is 37.2 Å². The van der Waals surface area contributed by atoms with E-state index in [1.165, 1.54) is 6.42 Å². The topological polar surface area (TPSA) is 42.0 Å². The fourth-order valence-corrected chi connectivity index (χ4v) is 3.18. The number of carbonyl (C=O) groups excluding carboxylic acids is 1. The summed E-state index contributed by atoms with van der Waals surface area (Å²) in [6.45, 7) is 2.78. The molecule has 22 heavy (non-hydrogen) atoms. The van der Waals surface area contributed by atoms with Gasteiger partial charge in [0.1, 0.15) is 13.2 Å². The fourth-order valence-electron chi connectivity index (χ4n) is 3.18. The van der Waals surface area contributed by atoms with Gasteiger partial charge in [0.25, 0.3) is 0 Å². The molecule has 0 bridgehead atoms. The lowest BCUT2D eigenvalue weighted by atomic mass is 10.0. The van der Waals surface area contributed by atoms with E-state index in [0.29, 0.717) is 19.8 Å². The van der Waals surface area contributed by atoms with E-state index >= 15 is 0 Å². The van der Waals surface area contributed by atoms with Crippen LogP contribution in [0.25, 0.3) is 0 Å². The van der Waals surface area contributed by atoms with Crippen LogP contribution < -0.4 is 9.47 Å². The third-order valence-electron chi connectivity index (χ3n) is 4.46. The summed E-state index contributed by atoms with van der Waals surface area (Å²) in [5, 5.41) is 0. The van der Waals surface area contributed by atoms with Gasteiger partial charge in [0.15, 0.2) is 11.5 Å². The molecule has 5 nitrogen and oxygen atoms in total. The molecule has 0 aliphatic carbocycles. The molecule has 1 aromatic carbocycles. The fraction of sp³-hybridized carbons (Fsp3) is 0.588. The molecule has 1 fully saturated rings. The van der Waals surface area contributed by atoms with Crippen molar-refractivity contribution in [3.05, 3.63) is 23.8 Å². The highest BCUT2D eigenvalue weighted by molar-refractivity contribution is 5.81. The van der Waals surface area contributed by atoms with Crippen molar-refractivity contribution in [1.29, 1.82) is 0 Å². The lowest BCUT2D eigenvalue weighted by Crippen LogP contribution is -2.47. The summed E-state index contributed by atoms with van der Waals surface area (Å²) in [6.07, 6.45) is 3.28. The van der Waals surface area contributed by atoms with Crippen LogP contribution in [0.5, 0.6) is 11.5 Å². The first-order valence-electron chi connectivity index (χ1n) is 7.99. The summed E-state index contributed by atoms with van der Waals surface area (Å²) >= 11 is 0. The first-order chi connectivity index (χ1) is 10.6. The Morgan fingerprint density at radius 2 is 2.05 bits per heavy atom. The molecule has 1 amide bonds. The maximum absolute atomic E-state index is 12.6. The van der Waals surface area contributed by atoms with E-state index in [-0.39, 0.29) is 11.9 Å². The third-order valence-corrected chi connectivity index (χ3v) is 4.46. The molecule has 5 heteroatoms. The lowest BCUT2D eigenvalue weighted by molar-refractivity contribution is -0.136. The van der Waals surface area contributed by atoms with Gasteiger partial charge in [-0.1, -0.05) is 12.5 Å². The second-order valence-corrected chi connectivity index (χ2v) is 6.16. The van der Waals surface area contributed by atoms with E-state index in [2.05, 4.69) is 4.90 Å². The van der Waals surface area contributed by atoms with Crippen LogP contribution >= 0.6 is 0 Å². The molecule has 0 N–H and O–H groups in total. The Hall–Kier alpha value is -1.75. The molecule has 0 radical (unpaired) electrons. The van der Waals surface area contributed by atoms with Crippen molar-refractivity contribution < 1.29 is 14.3 Å². The predicted octanol–water partition coefficient (Wildman–Crippen LogP) is 1.90. The minimum atomic E-state index is 0.0240. The Bertz CT molecular complexity index is 547. The second-order valence-electron chi connectivity index (χ2n) is 6.16. The standard InChI is InChI=1S/C17H24N2O3/c1-18-8-4-3-5-14(18)17(20)19(2)12-13-6-7-15-16(11-13)22-10-9-21-15/h6-7,11,14H,3-5,8-10,12H2,1-2H3/t14-/m1/s1. The van der Waals surface area contributed by atoms with Crippen LogP contribution in [0.1, 0.15) is 24.8 Å². The maximum atomic E-state index is 12.6. The average molecular weight is 304 g/mol. The molecule has 2 aliphatic heterocycles. The van der Waals surface area contributed by atoms with Crippen LogP contribution in [-0.2, 0) is 11.3 Å². The van der Waals surface area contributed by atoms with E-state index < -0.39 is 0 Å². The molecule has 1 atom stereocenters. The largest absolute Gasteiger partial charge is 0.486 e. The third kappa shape index (κ3) is 3.19. The summed E-state index contributed by atoms with van der Waals surface area (Å²) in [7, 11) is 3.92. The van der Waals surface area contributed by atoms with Crippen molar-refractivity contribution in [3.8, 4) is 11.5 Å². The lowest BCUT2D eigenvalue weighted by Gasteiger charge is -2.34. The molecule has 2 aliphatic rings. The number of piperidine rings is 1. The van der Waals surface area contributed by atoms with Gasteiger partial charge < -0.3 is 14.4 Å².